The standard InChI is InChI=1S/C26H41N3O4/c1-6-7-18-29(24(31)19(2)27-25(32)33-26(3,4)5)22(20-14-10-8-11-15-20)23(30)28-21-16-12-9-13-17-21/h8,10-11,14-15,19,21-22H,6-7,9,12-13,16-18H2,1-5H3,(H,27,32)(H,28,30). The monoisotopic (exact) mass is 459 g/mol. The van der Waals surface area contributed by atoms with Gasteiger partial charge >= 0.3 is 6.09 Å². The summed E-state index contributed by atoms with van der Waals surface area (Å²) in [5.74, 6) is -0.469. The number of nitrogens with one attached hydrogen (secondary N) is 2. The van der Waals surface area contributed by atoms with Gasteiger partial charge in [0.2, 0.25) is 11.8 Å². The number of carbonyl (C=O) groups excluding carboxylic acids is 3. The Kier molecular flexibility index (Phi) is 10.2. The summed E-state index contributed by atoms with van der Waals surface area (Å²) < 4.78 is 5.31. The fraction of sp³-hybridized carbons (Fsp3) is 0.654. The van der Waals surface area contributed by atoms with Gasteiger partial charge in [-0.1, -0.05) is 62.9 Å². The van der Waals surface area contributed by atoms with E-state index in [0.29, 0.717) is 6.54 Å². The maximum absolute atomic E-state index is 13.5. The fourth-order valence-electron chi connectivity index (χ4n) is 4.13. The van der Waals surface area contributed by atoms with E-state index in [-0.39, 0.29) is 17.9 Å². The Hall–Kier alpha value is -2.57. The average molecular weight is 460 g/mol. The quantitative estimate of drug-likeness (QED) is 0.559. The van der Waals surface area contributed by atoms with Crippen molar-refractivity contribution in [2.75, 3.05) is 6.54 Å². The van der Waals surface area contributed by atoms with Crippen LogP contribution in [0.15, 0.2) is 30.3 Å². The lowest BCUT2D eigenvalue weighted by Crippen LogP contribution is -2.53. The van der Waals surface area contributed by atoms with Crippen LogP contribution in [0.1, 0.15) is 91.2 Å². The van der Waals surface area contributed by atoms with Crippen molar-refractivity contribution < 1.29 is 19.1 Å². The van der Waals surface area contributed by atoms with Gasteiger partial charge in [0.25, 0.3) is 0 Å². The van der Waals surface area contributed by atoms with E-state index in [4.69, 9.17) is 4.74 Å². The molecule has 3 amide bonds. The molecule has 2 rings (SSSR count). The molecule has 1 aromatic rings. The molecule has 0 aliphatic heterocycles. The summed E-state index contributed by atoms with van der Waals surface area (Å²) >= 11 is 0. The second-order valence-electron chi connectivity index (χ2n) is 9.91. The Morgan fingerprint density at radius 1 is 1.09 bits per heavy atom. The van der Waals surface area contributed by atoms with Crippen LogP contribution < -0.4 is 10.6 Å². The minimum Gasteiger partial charge on any atom is -0.444 e. The third-order valence-electron chi connectivity index (χ3n) is 5.77. The molecule has 33 heavy (non-hydrogen) atoms. The average Bonchev–Trinajstić information content (AvgIpc) is 2.76. The van der Waals surface area contributed by atoms with Crippen molar-refractivity contribution in [1.29, 1.82) is 0 Å². The largest absolute Gasteiger partial charge is 0.444 e. The van der Waals surface area contributed by atoms with E-state index in [1.54, 1.807) is 32.6 Å². The van der Waals surface area contributed by atoms with Crippen molar-refractivity contribution in [1.82, 2.24) is 15.5 Å². The summed E-state index contributed by atoms with van der Waals surface area (Å²) in [6.07, 6.45) is 6.32. The van der Waals surface area contributed by atoms with E-state index < -0.39 is 23.8 Å². The lowest BCUT2D eigenvalue weighted by Gasteiger charge is -2.35. The third-order valence-corrected chi connectivity index (χ3v) is 5.77. The molecule has 0 spiro atoms. The molecule has 2 atom stereocenters. The fourth-order valence-corrected chi connectivity index (χ4v) is 4.13. The Labute approximate surface area is 198 Å². The number of ether oxygens (including phenoxy) is 1. The van der Waals surface area contributed by atoms with Crippen molar-refractivity contribution in [3.8, 4) is 0 Å². The molecule has 0 heterocycles. The van der Waals surface area contributed by atoms with Gasteiger partial charge in [0.15, 0.2) is 0 Å². The summed E-state index contributed by atoms with van der Waals surface area (Å²) in [5.41, 5.74) is 0.0982. The molecule has 7 nitrogen and oxygen atoms in total. The van der Waals surface area contributed by atoms with E-state index in [1.165, 1.54) is 6.42 Å². The zero-order valence-corrected chi connectivity index (χ0v) is 20.9. The molecule has 0 radical (unpaired) electrons. The van der Waals surface area contributed by atoms with Gasteiger partial charge in [-0.3, -0.25) is 9.59 Å². The Bertz CT molecular complexity index is 769. The van der Waals surface area contributed by atoms with Crippen LogP contribution in [0.25, 0.3) is 0 Å². The molecular formula is C26H41N3O4. The molecule has 1 saturated carbocycles. The van der Waals surface area contributed by atoms with Gasteiger partial charge in [-0.25, -0.2) is 4.79 Å². The predicted octanol–water partition coefficient (Wildman–Crippen LogP) is 4.72. The smallest absolute Gasteiger partial charge is 0.408 e. The van der Waals surface area contributed by atoms with Gasteiger partial charge in [0, 0.05) is 12.6 Å². The van der Waals surface area contributed by atoms with Crippen LogP contribution in [0.3, 0.4) is 0 Å². The van der Waals surface area contributed by atoms with Crippen LogP contribution in [0.5, 0.6) is 0 Å². The van der Waals surface area contributed by atoms with Crippen molar-refractivity contribution in [2.24, 2.45) is 0 Å². The number of hydrogen-bond donors (Lipinski definition) is 2. The highest BCUT2D eigenvalue weighted by Crippen LogP contribution is 2.25. The summed E-state index contributed by atoms with van der Waals surface area (Å²) in [5, 5.41) is 5.83. The molecule has 0 aromatic heterocycles. The van der Waals surface area contributed by atoms with Crippen molar-refractivity contribution in [3.63, 3.8) is 0 Å². The second kappa shape index (κ2) is 12.6. The predicted molar refractivity (Wildman–Crippen MR) is 130 cm³/mol. The summed E-state index contributed by atoms with van der Waals surface area (Å²) in [6, 6.07) is 7.96. The van der Waals surface area contributed by atoms with Crippen LogP contribution >= 0.6 is 0 Å². The molecule has 0 saturated heterocycles. The highest BCUT2D eigenvalue weighted by Gasteiger charge is 2.35. The molecule has 0 bridgehead atoms. The van der Waals surface area contributed by atoms with Crippen LogP contribution in [0.4, 0.5) is 4.79 Å². The number of alkyl carbamates (subject to hydrolysis) is 1. The number of hydrogen-bond acceptors (Lipinski definition) is 4. The maximum atomic E-state index is 13.5. The molecule has 1 aromatic carbocycles. The number of unbranched alkanes of at least 4 members (excludes halogenated alkanes) is 1. The van der Waals surface area contributed by atoms with Gasteiger partial charge in [-0.2, -0.15) is 0 Å². The Balaban J connectivity index is 2.27. The number of nitrogens with zero attached hydrogens (tertiary/aromatic N) is 1. The van der Waals surface area contributed by atoms with Gasteiger partial charge in [0.05, 0.1) is 0 Å². The molecule has 1 aliphatic carbocycles. The molecular weight excluding hydrogens is 418 g/mol. The minimum absolute atomic E-state index is 0.137. The summed E-state index contributed by atoms with van der Waals surface area (Å²) in [7, 11) is 0. The Morgan fingerprint density at radius 3 is 2.30 bits per heavy atom. The maximum Gasteiger partial charge on any atom is 0.408 e. The first kappa shape index (κ1) is 26.7. The zero-order chi connectivity index (χ0) is 24.4. The van der Waals surface area contributed by atoms with Gasteiger partial charge < -0.3 is 20.3 Å². The van der Waals surface area contributed by atoms with E-state index >= 15 is 0 Å². The van der Waals surface area contributed by atoms with Crippen molar-refractivity contribution in [3.05, 3.63) is 35.9 Å². The number of carbonyl (C=O) groups is 3. The molecule has 1 aliphatic rings. The van der Waals surface area contributed by atoms with Crippen LogP contribution in [0, 0.1) is 0 Å². The Morgan fingerprint density at radius 2 is 1.73 bits per heavy atom. The van der Waals surface area contributed by atoms with Gasteiger partial charge in [-0.05, 0) is 52.5 Å². The lowest BCUT2D eigenvalue weighted by molar-refractivity contribution is -0.142. The zero-order valence-electron chi connectivity index (χ0n) is 20.9. The van der Waals surface area contributed by atoms with Crippen LogP contribution in [0.2, 0.25) is 0 Å². The van der Waals surface area contributed by atoms with E-state index in [2.05, 4.69) is 10.6 Å². The van der Waals surface area contributed by atoms with Crippen molar-refractivity contribution in [2.45, 2.75) is 103 Å². The van der Waals surface area contributed by atoms with E-state index in [9.17, 15) is 14.4 Å². The van der Waals surface area contributed by atoms with E-state index in [1.807, 2.05) is 37.3 Å². The minimum atomic E-state index is -0.828. The van der Waals surface area contributed by atoms with Gasteiger partial charge in [0.1, 0.15) is 17.7 Å². The normalized spacial score (nSPS) is 16.4. The number of amides is 3. The highest BCUT2D eigenvalue weighted by molar-refractivity contribution is 5.92. The SMILES string of the molecule is CCCCN(C(=O)C(C)NC(=O)OC(C)(C)C)C(C(=O)NC1CCCCC1)c1ccccc1. The molecule has 2 N–H and O–H groups in total. The summed E-state index contributed by atoms with van der Waals surface area (Å²) in [6.45, 7) is 9.42. The molecule has 184 valence electrons. The first-order chi connectivity index (χ1) is 15.6. The number of benzene rings is 1. The first-order valence-corrected chi connectivity index (χ1v) is 12.3. The van der Waals surface area contributed by atoms with Crippen molar-refractivity contribution >= 4 is 17.9 Å². The van der Waals surface area contributed by atoms with E-state index in [0.717, 1.165) is 44.1 Å². The molecule has 2 unspecified atom stereocenters. The third kappa shape index (κ3) is 8.71. The van der Waals surface area contributed by atoms with Crippen LogP contribution in [-0.4, -0.2) is 47.0 Å². The topological polar surface area (TPSA) is 87.7 Å². The van der Waals surface area contributed by atoms with Gasteiger partial charge in [-0.15, -0.1) is 0 Å². The molecule has 7 heteroatoms. The molecule has 1 fully saturated rings. The van der Waals surface area contributed by atoms with Crippen LogP contribution in [-0.2, 0) is 14.3 Å². The highest BCUT2D eigenvalue weighted by atomic mass is 16.6. The summed E-state index contributed by atoms with van der Waals surface area (Å²) in [4.78, 5) is 40.9. The second-order valence-corrected chi connectivity index (χ2v) is 9.91. The lowest BCUT2D eigenvalue weighted by atomic mass is 9.94. The number of rotatable bonds is 9. The first-order valence-electron chi connectivity index (χ1n) is 12.3.